The largest absolute Gasteiger partial charge is 0.311 e. The Morgan fingerprint density at radius 1 is 0.392 bits per heavy atom. The van der Waals surface area contributed by atoms with E-state index in [2.05, 4.69) is 199 Å². The molecule has 2 aromatic heterocycles. The van der Waals surface area contributed by atoms with Crippen molar-refractivity contribution in [2.45, 2.75) is 6.42 Å². The summed E-state index contributed by atoms with van der Waals surface area (Å²) in [5.74, 6) is 0. The molecule has 0 fully saturated rings. The standard InChI is InChI=1S/C47H35N3Si/c1-5-17-35(18-6-1)42-27-15-19-37(48-42)34-38-20-16-28-43(49-38)36-31-32-45-47(33-36)51(40-23-9-3-10-24-40,41-25-11-4-12-26-41)46-30-14-13-29-44(46)50(45)39-21-7-2-8-22-39/h1-33H,34H2. The average Bonchev–Trinajstić information content (AvgIpc) is 3.21. The number of pyridine rings is 2. The molecule has 9 rings (SSSR count). The Balaban J connectivity index is 1.23. The molecule has 4 heteroatoms. The van der Waals surface area contributed by atoms with Crippen molar-refractivity contribution < 1.29 is 0 Å². The van der Waals surface area contributed by atoms with Crippen LogP contribution in [-0.2, 0) is 6.42 Å². The van der Waals surface area contributed by atoms with Gasteiger partial charge in [-0.05, 0) is 69.3 Å². The van der Waals surface area contributed by atoms with E-state index in [4.69, 9.17) is 9.97 Å². The van der Waals surface area contributed by atoms with E-state index in [1.807, 2.05) is 6.07 Å². The lowest BCUT2D eigenvalue weighted by atomic mass is 10.1. The van der Waals surface area contributed by atoms with Gasteiger partial charge >= 0.3 is 0 Å². The molecule has 0 spiro atoms. The number of aromatic nitrogens is 2. The lowest BCUT2D eigenvalue weighted by molar-refractivity contribution is 1.02. The summed E-state index contributed by atoms with van der Waals surface area (Å²) in [6.45, 7) is 0. The smallest absolute Gasteiger partial charge is 0.184 e. The van der Waals surface area contributed by atoms with E-state index in [0.717, 1.165) is 39.6 Å². The SMILES string of the molecule is c1ccc(-c2cccc(Cc3cccc(-c4ccc5c(c4)[Si](c4ccccc4)(c4ccccc4)c4ccccc4N5c4ccccc4)n3)n2)cc1. The lowest BCUT2D eigenvalue weighted by Crippen LogP contribution is -2.77. The molecule has 3 nitrogen and oxygen atoms in total. The van der Waals surface area contributed by atoms with Crippen molar-refractivity contribution in [2.24, 2.45) is 0 Å². The van der Waals surface area contributed by atoms with E-state index in [9.17, 15) is 0 Å². The van der Waals surface area contributed by atoms with Crippen LogP contribution in [0.4, 0.5) is 17.1 Å². The third kappa shape index (κ3) is 5.47. The molecule has 8 aromatic rings. The van der Waals surface area contributed by atoms with Gasteiger partial charge in [0.25, 0.3) is 0 Å². The second-order valence-electron chi connectivity index (χ2n) is 13.0. The number of benzene rings is 6. The molecule has 0 unspecified atom stereocenters. The van der Waals surface area contributed by atoms with Crippen LogP contribution in [0.15, 0.2) is 200 Å². The van der Waals surface area contributed by atoms with Gasteiger partial charge in [-0.15, -0.1) is 0 Å². The Kier molecular flexibility index (Phi) is 7.92. The molecule has 0 aliphatic carbocycles. The maximum atomic E-state index is 5.27. The number of fused-ring (bicyclic) bond motifs is 2. The molecule has 0 radical (unpaired) electrons. The van der Waals surface area contributed by atoms with E-state index in [0.29, 0.717) is 6.42 Å². The zero-order valence-electron chi connectivity index (χ0n) is 28.1. The van der Waals surface area contributed by atoms with Crippen molar-refractivity contribution >= 4 is 45.9 Å². The van der Waals surface area contributed by atoms with Crippen LogP contribution >= 0.6 is 0 Å². The molecular formula is C47H35N3Si. The normalized spacial score (nSPS) is 12.9. The summed E-state index contributed by atoms with van der Waals surface area (Å²) >= 11 is 0. The first-order valence-electron chi connectivity index (χ1n) is 17.5. The van der Waals surface area contributed by atoms with Crippen LogP contribution in [0.1, 0.15) is 11.4 Å². The van der Waals surface area contributed by atoms with Gasteiger partial charge in [0.05, 0.1) is 11.4 Å². The first-order chi connectivity index (χ1) is 25.3. The highest BCUT2D eigenvalue weighted by Gasteiger charge is 2.48. The molecule has 51 heavy (non-hydrogen) atoms. The summed E-state index contributed by atoms with van der Waals surface area (Å²) < 4.78 is 0. The van der Waals surface area contributed by atoms with Gasteiger partial charge in [-0.25, -0.2) is 0 Å². The summed E-state index contributed by atoms with van der Waals surface area (Å²) in [6.07, 6.45) is 0.654. The molecule has 0 saturated carbocycles. The fourth-order valence-corrected chi connectivity index (χ4v) is 12.9. The van der Waals surface area contributed by atoms with Crippen LogP contribution in [-0.4, -0.2) is 18.0 Å². The van der Waals surface area contributed by atoms with Gasteiger partial charge in [-0.1, -0.05) is 152 Å². The van der Waals surface area contributed by atoms with Crippen LogP contribution < -0.4 is 25.6 Å². The lowest BCUT2D eigenvalue weighted by Gasteiger charge is -2.45. The van der Waals surface area contributed by atoms with Gasteiger partial charge in [0.15, 0.2) is 8.07 Å². The number of para-hydroxylation sites is 2. The number of rotatable bonds is 7. The monoisotopic (exact) mass is 669 g/mol. The third-order valence-corrected chi connectivity index (χ3v) is 14.8. The van der Waals surface area contributed by atoms with Crippen molar-refractivity contribution in [2.75, 3.05) is 4.90 Å². The molecule has 3 heterocycles. The Hall–Kier alpha value is -6.36. The van der Waals surface area contributed by atoms with Crippen molar-refractivity contribution in [3.63, 3.8) is 0 Å². The summed E-state index contributed by atoms with van der Waals surface area (Å²) in [5, 5.41) is 5.45. The van der Waals surface area contributed by atoms with E-state index >= 15 is 0 Å². The van der Waals surface area contributed by atoms with Crippen molar-refractivity contribution in [1.82, 2.24) is 9.97 Å². The molecule has 0 N–H and O–H groups in total. The zero-order chi connectivity index (χ0) is 34.0. The quantitative estimate of drug-likeness (QED) is 0.159. The predicted molar refractivity (Wildman–Crippen MR) is 214 cm³/mol. The van der Waals surface area contributed by atoms with Gasteiger partial charge in [0.2, 0.25) is 0 Å². The average molecular weight is 670 g/mol. The van der Waals surface area contributed by atoms with Gasteiger partial charge in [-0.2, -0.15) is 0 Å². The molecular weight excluding hydrogens is 635 g/mol. The Labute approximate surface area is 300 Å². The van der Waals surface area contributed by atoms with Crippen LogP contribution in [0, 0.1) is 0 Å². The van der Waals surface area contributed by atoms with Crippen LogP contribution in [0.5, 0.6) is 0 Å². The number of anilines is 3. The molecule has 0 saturated heterocycles. The van der Waals surface area contributed by atoms with Gasteiger partial charge in [-0.3, -0.25) is 9.97 Å². The predicted octanol–water partition coefficient (Wildman–Crippen LogP) is 8.56. The van der Waals surface area contributed by atoms with Crippen LogP contribution in [0.2, 0.25) is 0 Å². The second kappa shape index (κ2) is 13.2. The summed E-state index contributed by atoms with van der Waals surface area (Å²) in [7, 11) is -2.81. The second-order valence-corrected chi connectivity index (χ2v) is 16.7. The number of hydrogen-bond acceptors (Lipinski definition) is 3. The Bertz CT molecular complexity index is 2410. The third-order valence-electron chi connectivity index (χ3n) is 9.96. The molecule has 0 amide bonds. The first-order valence-corrected chi connectivity index (χ1v) is 19.5. The molecule has 0 atom stereocenters. The molecule has 1 aliphatic rings. The molecule has 0 bridgehead atoms. The Morgan fingerprint density at radius 2 is 0.902 bits per heavy atom. The zero-order valence-corrected chi connectivity index (χ0v) is 29.1. The highest BCUT2D eigenvalue weighted by Crippen LogP contribution is 2.39. The minimum absolute atomic E-state index is 0.654. The summed E-state index contributed by atoms with van der Waals surface area (Å²) in [4.78, 5) is 12.7. The topological polar surface area (TPSA) is 29.0 Å². The first kappa shape index (κ1) is 30.7. The fraction of sp³-hybridized carbons (Fsp3) is 0.0213. The van der Waals surface area contributed by atoms with E-state index < -0.39 is 8.07 Å². The minimum atomic E-state index is -2.81. The van der Waals surface area contributed by atoms with Crippen LogP contribution in [0.25, 0.3) is 22.5 Å². The highest BCUT2D eigenvalue weighted by molar-refractivity contribution is 7.21. The summed E-state index contributed by atoms with van der Waals surface area (Å²) in [5.41, 5.74) is 9.75. The molecule has 1 aliphatic heterocycles. The van der Waals surface area contributed by atoms with Crippen molar-refractivity contribution in [1.29, 1.82) is 0 Å². The number of nitrogens with zero attached hydrogens (tertiary/aromatic N) is 3. The van der Waals surface area contributed by atoms with Gasteiger partial charge < -0.3 is 4.90 Å². The fourth-order valence-electron chi connectivity index (χ4n) is 7.74. The Morgan fingerprint density at radius 3 is 1.53 bits per heavy atom. The van der Waals surface area contributed by atoms with Gasteiger partial charge in [0.1, 0.15) is 0 Å². The molecule has 6 aromatic carbocycles. The summed E-state index contributed by atoms with van der Waals surface area (Å²) in [6, 6.07) is 72.1. The van der Waals surface area contributed by atoms with Crippen LogP contribution in [0.3, 0.4) is 0 Å². The molecule has 242 valence electrons. The van der Waals surface area contributed by atoms with E-state index in [1.54, 1.807) is 0 Å². The highest BCUT2D eigenvalue weighted by atomic mass is 28.3. The minimum Gasteiger partial charge on any atom is -0.311 e. The maximum Gasteiger partial charge on any atom is 0.184 e. The van der Waals surface area contributed by atoms with Crippen molar-refractivity contribution in [3.8, 4) is 22.5 Å². The van der Waals surface area contributed by atoms with Crippen molar-refractivity contribution in [3.05, 3.63) is 212 Å². The van der Waals surface area contributed by atoms with E-state index in [1.165, 1.54) is 32.1 Å². The van der Waals surface area contributed by atoms with E-state index in [-0.39, 0.29) is 0 Å². The van der Waals surface area contributed by atoms with Gasteiger partial charge in [0, 0.05) is 46.0 Å². The number of hydrogen-bond donors (Lipinski definition) is 0. The maximum absolute atomic E-state index is 5.27.